The van der Waals surface area contributed by atoms with Crippen molar-refractivity contribution in [3.63, 3.8) is 0 Å². The van der Waals surface area contributed by atoms with E-state index in [4.69, 9.17) is 5.26 Å². The van der Waals surface area contributed by atoms with Crippen LogP contribution in [0.25, 0.3) is 0 Å². The molecule has 1 aromatic carbocycles. The van der Waals surface area contributed by atoms with Gasteiger partial charge < -0.3 is 0 Å². The molecule has 1 fully saturated rings. The Morgan fingerprint density at radius 1 is 1.40 bits per heavy atom. The molecule has 1 saturated heterocycles. The Bertz CT molecular complexity index is 619. The highest BCUT2D eigenvalue weighted by Crippen LogP contribution is 2.22. The molecule has 0 spiro atoms. The van der Waals surface area contributed by atoms with Gasteiger partial charge in [0.15, 0.2) is 9.84 Å². The zero-order chi connectivity index (χ0) is 14.8. The first-order valence-corrected chi connectivity index (χ1v) is 8.54. The summed E-state index contributed by atoms with van der Waals surface area (Å²) < 4.78 is 24.6. The Hall–Kier alpha value is -1.38. The van der Waals surface area contributed by atoms with E-state index in [1.165, 1.54) is 6.07 Å². The lowest BCUT2D eigenvalue weighted by molar-refractivity contribution is 0.281. The van der Waals surface area contributed by atoms with Gasteiger partial charge in [0.2, 0.25) is 0 Å². The second-order valence-corrected chi connectivity index (χ2v) is 7.75. The SMILES string of the molecule is CC1CC(C)N(CCS(=O)(=O)c2cccc(C#N)c2)C1. The molecule has 0 radical (unpaired) electrons. The van der Waals surface area contributed by atoms with Gasteiger partial charge in [-0.2, -0.15) is 5.26 Å². The quantitative estimate of drug-likeness (QED) is 0.852. The van der Waals surface area contributed by atoms with Crippen LogP contribution < -0.4 is 0 Å². The van der Waals surface area contributed by atoms with Gasteiger partial charge in [0.1, 0.15) is 0 Å². The first kappa shape index (κ1) is 15.0. The zero-order valence-electron chi connectivity index (χ0n) is 11.9. The fraction of sp³-hybridized carbons (Fsp3) is 0.533. The Kier molecular flexibility index (Phi) is 4.46. The number of nitrogens with zero attached hydrogens (tertiary/aromatic N) is 2. The van der Waals surface area contributed by atoms with E-state index in [0.717, 1.165) is 13.0 Å². The van der Waals surface area contributed by atoms with Gasteiger partial charge in [-0.1, -0.05) is 13.0 Å². The summed E-state index contributed by atoms with van der Waals surface area (Å²) in [6.07, 6.45) is 1.13. The van der Waals surface area contributed by atoms with Gasteiger partial charge in [-0.3, -0.25) is 4.90 Å². The van der Waals surface area contributed by atoms with Crippen LogP contribution in [-0.4, -0.2) is 38.2 Å². The van der Waals surface area contributed by atoms with Crippen molar-refractivity contribution in [1.29, 1.82) is 5.26 Å². The van der Waals surface area contributed by atoms with Crippen molar-refractivity contribution in [2.24, 2.45) is 5.92 Å². The van der Waals surface area contributed by atoms with Gasteiger partial charge in [-0.15, -0.1) is 0 Å². The van der Waals surface area contributed by atoms with E-state index in [9.17, 15) is 8.42 Å². The maximum Gasteiger partial charge on any atom is 0.179 e. The number of likely N-dealkylation sites (tertiary alicyclic amines) is 1. The van der Waals surface area contributed by atoms with Crippen LogP contribution >= 0.6 is 0 Å². The molecule has 2 rings (SSSR count). The first-order chi connectivity index (χ1) is 9.42. The molecule has 20 heavy (non-hydrogen) atoms. The average Bonchev–Trinajstić information content (AvgIpc) is 2.75. The van der Waals surface area contributed by atoms with E-state index >= 15 is 0 Å². The third kappa shape index (κ3) is 3.38. The molecule has 1 aliphatic rings. The summed E-state index contributed by atoms with van der Waals surface area (Å²) in [6, 6.07) is 8.67. The molecule has 1 heterocycles. The highest BCUT2D eigenvalue weighted by Gasteiger charge is 2.27. The molecular weight excluding hydrogens is 272 g/mol. The molecule has 108 valence electrons. The zero-order valence-corrected chi connectivity index (χ0v) is 12.7. The topological polar surface area (TPSA) is 61.2 Å². The molecule has 2 atom stereocenters. The van der Waals surface area contributed by atoms with Crippen molar-refractivity contribution in [3.05, 3.63) is 29.8 Å². The molecule has 0 N–H and O–H groups in total. The summed E-state index contributed by atoms with van der Waals surface area (Å²) in [5.41, 5.74) is 0.384. The van der Waals surface area contributed by atoms with E-state index in [2.05, 4.69) is 18.7 Å². The number of sulfone groups is 1. The number of nitriles is 1. The third-order valence-electron chi connectivity index (χ3n) is 3.88. The van der Waals surface area contributed by atoms with Crippen LogP contribution in [0.15, 0.2) is 29.2 Å². The highest BCUT2D eigenvalue weighted by atomic mass is 32.2. The molecule has 0 bridgehead atoms. The number of benzene rings is 1. The lowest BCUT2D eigenvalue weighted by Crippen LogP contribution is -2.32. The third-order valence-corrected chi connectivity index (χ3v) is 5.57. The van der Waals surface area contributed by atoms with Crippen molar-refractivity contribution >= 4 is 9.84 Å². The standard InChI is InChI=1S/C15H20N2O2S/c1-12-8-13(2)17(11-12)6-7-20(18,19)15-5-3-4-14(9-15)10-16/h3-5,9,12-13H,6-8,11H2,1-2H3. The van der Waals surface area contributed by atoms with E-state index < -0.39 is 9.84 Å². The molecule has 0 aliphatic carbocycles. The fourth-order valence-electron chi connectivity index (χ4n) is 2.81. The predicted octanol–water partition coefficient (Wildman–Crippen LogP) is 2.06. The monoisotopic (exact) mass is 292 g/mol. The Balaban J connectivity index is 2.06. The van der Waals surface area contributed by atoms with Crippen molar-refractivity contribution in [3.8, 4) is 6.07 Å². The lowest BCUT2D eigenvalue weighted by atomic mass is 10.1. The van der Waals surface area contributed by atoms with Crippen LogP contribution in [0.5, 0.6) is 0 Å². The number of rotatable bonds is 4. The van der Waals surface area contributed by atoms with E-state index in [1.54, 1.807) is 18.2 Å². The Morgan fingerprint density at radius 2 is 2.15 bits per heavy atom. The first-order valence-electron chi connectivity index (χ1n) is 6.89. The normalized spacial score (nSPS) is 23.6. The molecule has 1 aromatic rings. The second kappa shape index (κ2) is 5.94. The van der Waals surface area contributed by atoms with Crippen LogP contribution in [0, 0.1) is 17.2 Å². The fourth-order valence-corrected chi connectivity index (χ4v) is 4.12. The van der Waals surface area contributed by atoms with Crippen LogP contribution in [-0.2, 0) is 9.84 Å². The Labute approximate surface area is 120 Å². The molecule has 4 nitrogen and oxygen atoms in total. The van der Waals surface area contributed by atoms with E-state index in [1.807, 2.05) is 6.07 Å². The predicted molar refractivity (Wildman–Crippen MR) is 78.0 cm³/mol. The largest absolute Gasteiger partial charge is 0.299 e. The minimum Gasteiger partial charge on any atom is -0.299 e. The van der Waals surface area contributed by atoms with Crippen LogP contribution in [0.2, 0.25) is 0 Å². The lowest BCUT2D eigenvalue weighted by Gasteiger charge is -2.20. The van der Waals surface area contributed by atoms with Crippen LogP contribution in [0.1, 0.15) is 25.8 Å². The molecule has 0 amide bonds. The van der Waals surface area contributed by atoms with Crippen molar-refractivity contribution in [2.45, 2.75) is 31.2 Å². The number of hydrogen-bond donors (Lipinski definition) is 0. The molecule has 2 unspecified atom stereocenters. The maximum atomic E-state index is 12.3. The summed E-state index contributed by atoms with van der Waals surface area (Å²) in [4.78, 5) is 2.48. The average molecular weight is 292 g/mol. The smallest absolute Gasteiger partial charge is 0.179 e. The van der Waals surface area contributed by atoms with Gasteiger partial charge >= 0.3 is 0 Å². The Morgan fingerprint density at radius 3 is 2.75 bits per heavy atom. The molecule has 5 heteroatoms. The van der Waals surface area contributed by atoms with Crippen molar-refractivity contribution in [2.75, 3.05) is 18.8 Å². The van der Waals surface area contributed by atoms with Crippen LogP contribution in [0.4, 0.5) is 0 Å². The highest BCUT2D eigenvalue weighted by molar-refractivity contribution is 7.91. The second-order valence-electron chi connectivity index (χ2n) is 5.64. The van der Waals surface area contributed by atoms with Gasteiger partial charge in [0.25, 0.3) is 0 Å². The molecular formula is C15H20N2O2S. The van der Waals surface area contributed by atoms with Gasteiger partial charge in [-0.25, -0.2) is 8.42 Å². The summed E-state index contributed by atoms with van der Waals surface area (Å²) in [6.45, 7) is 5.87. The van der Waals surface area contributed by atoms with Crippen LogP contribution in [0.3, 0.4) is 0 Å². The van der Waals surface area contributed by atoms with Crippen molar-refractivity contribution in [1.82, 2.24) is 4.90 Å². The van der Waals surface area contributed by atoms with E-state index in [0.29, 0.717) is 24.1 Å². The summed E-state index contributed by atoms with van der Waals surface area (Å²) in [5.74, 6) is 0.744. The van der Waals surface area contributed by atoms with E-state index in [-0.39, 0.29) is 10.6 Å². The molecule has 1 aliphatic heterocycles. The van der Waals surface area contributed by atoms with Gasteiger partial charge in [0, 0.05) is 19.1 Å². The summed E-state index contributed by atoms with van der Waals surface area (Å²) >= 11 is 0. The minimum absolute atomic E-state index is 0.110. The maximum absolute atomic E-state index is 12.3. The molecule has 0 aromatic heterocycles. The minimum atomic E-state index is -3.31. The molecule has 0 saturated carbocycles. The summed E-state index contributed by atoms with van der Waals surface area (Å²) in [7, 11) is -3.31. The van der Waals surface area contributed by atoms with Crippen molar-refractivity contribution < 1.29 is 8.42 Å². The number of hydrogen-bond acceptors (Lipinski definition) is 4. The van der Waals surface area contributed by atoms with Gasteiger partial charge in [-0.05, 0) is 37.5 Å². The summed E-state index contributed by atoms with van der Waals surface area (Å²) in [5, 5.41) is 8.84. The van der Waals surface area contributed by atoms with Gasteiger partial charge in [0.05, 0.1) is 22.3 Å².